The molecule has 7 heteroatoms. The van der Waals surface area contributed by atoms with Crippen LogP contribution < -0.4 is 14.4 Å². The number of anilines is 1. The highest BCUT2D eigenvalue weighted by atomic mass is 32.2. The van der Waals surface area contributed by atoms with Crippen molar-refractivity contribution in [2.45, 2.75) is 18.7 Å². The second kappa shape index (κ2) is 10.1. The Morgan fingerprint density at radius 1 is 0.903 bits per heavy atom. The van der Waals surface area contributed by atoms with Crippen molar-refractivity contribution in [2.75, 3.05) is 24.0 Å². The summed E-state index contributed by atoms with van der Waals surface area (Å²) < 4.78 is 33.1. The minimum Gasteiger partial charge on any atom is -0.492 e. The predicted molar refractivity (Wildman–Crippen MR) is 122 cm³/mol. The van der Waals surface area contributed by atoms with Crippen LogP contribution in [0, 0.1) is 13.8 Å². The lowest BCUT2D eigenvalue weighted by Crippen LogP contribution is -2.41. The Bertz CT molecular complexity index is 1120. The van der Waals surface area contributed by atoms with Crippen LogP contribution in [0.2, 0.25) is 0 Å². The molecule has 0 saturated heterocycles. The lowest BCUT2D eigenvalue weighted by atomic mass is 10.1. The molecule has 0 atom stereocenters. The number of amides is 1. The third kappa shape index (κ3) is 5.86. The molecule has 6 nitrogen and oxygen atoms in total. The molecule has 1 amide bonds. The number of nitrogens with zero attached hydrogens (tertiary/aromatic N) is 1. The van der Waals surface area contributed by atoms with Crippen LogP contribution in [-0.4, -0.2) is 34.0 Å². The van der Waals surface area contributed by atoms with E-state index in [4.69, 9.17) is 4.74 Å². The summed E-state index contributed by atoms with van der Waals surface area (Å²) in [6, 6.07) is 22.5. The maximum absolute atomic E-state index is 13.2. The number of benzene rings is 3. The number of sulfonamides is 1. The van der Waals surface area contributed by atoms with Gasteiger partial charge in [-0.1, -0.05) is 42.5 Å². The van der Waals surface area contributed by atoms with E-state index in [0.717, 1.165) is 15.6 Å². The lowest BCUT2D eigenvalue weighted by molar-refractivity contribution is -0.119. The largest absolute Gasteiger partial charge is 0.492 e. The van der Waals surface area contributed by atoms with Gasteiger partial charge in [-0.25, -0.2) is 8.42 Å². The first-order valence-electron chi connectivity index (χ1n) is 9.97. The molecule has 31 heavy (non-hydrogen) atoms. The van der Waals surface area contributed by atoms with Crippen LogP contribution in [0.25, 0.3) is 0 Å². The van der Waals surface area contributed by atoms with Crippen molar-refractivity contribution in [1.29, 1.82) is 0 Å². The summed E-state index contributed by atoms with van der Waals surface area (Å²) in [4.78, 5) is 12.7. The number of rotatable bonds is 9. The number of ether oxygens (including phenoxy) is 1. The van der Waals surface area contributed by atoms with Crippen LogP contribution in [0.1, 0.15) is 11.1 Å². The van der Waals surface area contributed by atoms with E-state index in [9.17, 15) is 13.2 Å². The summed E-state index contributed by atoms with van der Waals surface area (Å²) >= 11 is 0. The van der Waals surface area contributed by atoms with Gasteiger partial charge in [0, 0.05) is 0 Å². The van der Waals surface area contributed by atoms with Crippen molar-refractivity contribution in [2.24, 2.45) is 0 Å². The Labute approximate surface area is 183 Å². The number of para-hydroxylation sites is 1. The molecular formula is C24H26N2O4S. The van der Waals surface area contributed by atoms with Crippen molar-refractivity contribution in [1.82, 2.24) is 5.32 Å². The van der Waals surface area contributed by atoms with E-state index in [1.54, 1.807) is 48.5 Å². The monoisotopic (exact) mass is 438 g/mol. The molecule has 0 aliphatic heterocycles. The molecule has 0 aromatic heterocycles. The van der Waals surface area contributed by atoms with Crippen LogP contribution >= 0.6 is 0 Å². The zero-order valence-electron chi connectivity index (χ0n) is 17.6. The van der Waals surface area contributed by atoms with Gasteiger partial charge in [-0.15, -0.1) is 0 Å². The van der Waals surface area contributed by atoms with Crippen molar-refractivity contribution < 1.29 is 17.9 Å². The highest BCUT2D eigenvalue weighted by Crippen LogP contribution is 2.23. The van der Waals surface area contributed by atoms with Gasteiger partial charge in [-0.3, -0.25) is 9.10 Å². The minimum absolute atomic E-state index is 0.129. The number of carbonyl (C=O) groups is 1. The molecule has 0 spiro atoms. The fraction of sp³-hybridized carbons (Fsp3) is 0.208. The SMILES string of the molecule is Cc1ccc(OCCNC(=O)CN(c2ccccc2)S(=O)(=O)c2ccccc2)cc1C. The van der Waals surface area contributed by atoms with Crippen molar-refractivity contribution in [3.8, 4) is 5.75 Å². The summed E-state index contributed by atoms with van der Waals surface area (Å²) in [5, 5.41) is 2.73. The van der Waals surface area contributed by atoms with Gasteiger partial charge in [-0.05, 0) is 61.4 Å². The van der Waals surface area contributed by atoms with Gasteiger partial charge in [0.15, 0.2) is 0 Å². The molecule has 3 aromatic carbocycles. The Hall–Kier alpha value is -3.32. The van der Waals surface area contributed by atoms with Crippen molar-refractivity contribution in [3.63, 3.8) is 0 Å². The number of aryl methyl sites for hydroxylation is 2. The molecule has 3 rings (SSSR count). The second-order valence-corrected chi connectivity index (χ2v) is 8.97. The van der Waals surface area contributed by atoms with Crippen LogP contribution in [0.5, 0.6) is 5.75 Å². The molecule has 1 N–H and O–H groups in total. The van der Waals surface area contributed by atoms with E-state index in [2.05, 4.69) is 5.32 Å². The average molecular weight is 439 g/mol. The van der Waals surface area contributed by atoms with E-state index in [1.807, 2.05) is 32.0 Å². The Kier molecular flexibility index (Phi) is 7.31. The van der Waals surface area contributed by atoms with E-state index in [1.165, 1.54) is 17.7 Å². The molecule has 0 fully saturated rings. The van der Waals surface area contributed by atoms with Crippen molar-refractivity contribution >= 4 is 21.6 Å². The fourth-order valence-electron chi connectivity index (χ4n) is 2.98. The predicted octanol–water partition coefficient (Wildman–Crippen LogP) is 3.69. The molecule has 0 radical (unpaired) electrons. The third-order valence-electron chi connectivity index (χ3n) is 4.83. The maximum Gasteiger partial charge on any atom is 0.264 e. The quantitative estimate of drug-likeness (QED) is 0.517. The summed E-state index contributed by atoms with van der Waals surface area (Å²) in [7, 11) is -3.89. The molecule has 0 heterocycles. The summed E-state index contributed by atoms with van der Waals surface area (Å²) in [5.74, 6) is 0.321. The zero-order valence-corrected chi connectivity index (χ0v) is 18.4. The molecular weight excluding hydrogens is 412 g/mol. The summed E-state index contributed by atoms with van der Waals surface area (Å²) in [6.07, 6.45) is 0. The van der Waals surface area contributed by atoms with Gasteiger partial charge < -0.3 is 10.1 Å². The van der Waals surface area contributed by atoms with Crippen LogP contribution in [0.3, 0.4) is 0 Å². The highest BCUT2D eigenvalue weighted by molar-refractivity contribution is 7.92. The molecule has 0 unspecified atom stereocenters. The van der Waals surface area contributed by atoms with Gasteiger partial charge in [-0.2, -0.15) is 0 Å². The fourth-order valence-corrected chi connectivity index (χ4v) is 4.42. The Morgan fingerprint density at radius 2 is 1.55 bits per heavy atom. The van der Waals surface area contributed by atoms with Gasteiger partial charge >= 0.3 is 0 Å². The second-order valence-electron chi connectivity index (χ2n) is 7.10. The van der Waals surface area contributed by atoms with Crippen LogP contribution in [-0.2, 0) is 14.8 Å². The first-order chi connectivity index (χ1) is 14.9. The first-order valence-corrected chi connectivity index (χ1v) is 11.4. The Balaban J connectivity index is 1.64. The van der Waals surface area contributed by atoms with Crippen LogP contribution in [0.15, 0.2) is 83.8 Å². The molecule has 0 aliphatic rings. The normalized spacial score (nSPS) is 11.0. The van der Waals surface area contributed by atoms with E-state index in [-0.39, 0.29) is 24.6 Å². The minimum atomic E-state index is -3.89. The molecule has 0 saturated carbocycles. The Morgan fingerprint density at radius 3 is 2.19 bits per heavy atom. The summed E-state index contributed by atoms with van der Waals surface area (Å²) in [6.45, 7) is 4.26. The standard InChI is InChI=1S/C24H26N2O4S/c1-19-13-14-22(17-20(19)2)30-16-15-25-24(27)18-26(21-9-5-3-6-10-21)31(28,29)23-11-7-4-8-12-23/h3-14,17H,15-16,18H2,1-2H3,(H,25,27). The number of nitrogens with one attached hydrogen (secondary N) is 1. The van der Waals surface area contributed by atoms with Crippen LogP contribution in [0.4, 0.5) is 5.69 Å². The molecule has 3 aromatic rings. The number of hydrogen-bond acceptors (Lipinski definition) is 4. The van der Waals surface area contributed by atoms with E-state index in [0.29, 0.717) is 5.69 Å². The zero-order chi connectivity index (χ0) is 22.3. The van der Waals surface area contributed by atoms with Gasteiger partial charge in [0.2, 0.25) is 5.91 Å². The number of hydrogen-bond donors (Lipinski definition) is 1. The molecule has 162 valence electrons. The molecule has 0 aliphatic carbocycles. The van der Waals surface area contributed by atoms with Gasteiger partial charge in [0.1, 0.15) is 18.9 Å². The lowest BCUT2D eigenvalue weighted by Gasteiger charge is -2.24. The smallest absolute Gasteiger partial charge is 0.264 e. The highest BCUT2D eigenvalue weighted by Gasteiger charge is 2.26. The van der Waals surface area contributed by atoms with E-state index < -0.39 is 15.9 Å². The van der Waals surface area contributed by atoms with Gasteiger partial charge in [0.05, 0.1) is 17.1 Å². The van der Waals surface area contributed by atoms with E-state index >= 15 is 0 Å². The van der Waals surface area contributed by atoms with Crippen molar-refractivity contribution in [3.05, 3.63) is 90.0 Å². The first kappa shape index (κ1) is 22.4. The topological polar surface area (TPSA) is 75.7 Å². The molecule has 0 bridgehead atoms. The third-order valence-corrected chi connectivity index (χ3v) is 6.62. The number of carbonyl (C=O) groups excluding carboxylic acids is 1. The summed E-state index contributed by atoms with van der Waals surface area (Å²) in [5.41, 5.74) is 2.74. The maximum atomic E-state index is 13.2. The van der Waals surface area contributed by atoms with Gasteiger partial charge in [0.25, 0.3) is 10.0 Å². The average Bonchev–Trinajstić information content (AvgIpc) is 2.78.